The van der Waals surface area contributed by atoms with E-state index < -0.39 is 0 Å². The van der Waals surface area contributed by atoms with Crippen LogP contribution < -0.4 is 5.32 Å². The third kappa shape index (κ3) is 3.70. The summed E-state index contributed by atoms with van der Waals surface area (Å²) in [5.41, 5.74) is 2.00. The minimum Gasteiger partial charge on any atom is -0.320 e. The standard InChI is InChI=1S/C11H15N3O.C8H9Cl/c1-7(15)9-5-13-11-6-12-4-10(14(9)11)8-2-3-8;1-2-7-5-3-4-6-8(7)9/h5,8,10,12H,2-4,6H2,1H3;3-6H,2H2,1H3. The fourth-order valence-corrected chi connectivity index (χ4v) is 3.50. The molecule has 1 saturated carbocycles. The number of nitrogens with one attached hydrogen (secondary N) is 1. The molecule has 1 fully saturated rings. The number of ketones is 1. The van der Waals surface area contributed by atoms with Crippen LogP contribution in [0.2, 0.25) is 5.02 Å². The van der Waals surface area contributed by atoms with Crippen molar-refractivity contribution in [1.29, 1.82) is 0 Å². The molecule has 2 heterocycles. The monoisotopic (exact) mass is 345 g/mol. The van der Waals surface area contributed by atoms with Gasteiger partial charge in [0, 0.05) is 18.5 Å². The van der Waals surface area contributed by atoms with Crippen LogP contribution in [0.1, 0.15) is 54.6 Å². The maximum atomic E-state index is 11.5. The van der Waals surface area contributed by atoms with E-state index in [0.29, 0.717) is 6.04 Å². The van der Waals surface area contributed by atoms with Crippen molar-refractivity contribution in [3.8, 4) is 0 Å². The normalized spacial score (nSPS) is 19.2. The van der Waals surface area contributed by atoms with Gasteiger partial charge in [-0.25, -0.2) is 4.98 Å². The van der Waals surface area contributed by atoms with E-state index in [1.165, 1.54) is 18.4 Å². The lowest BCUT2D eigenvalue weighted by Gasteiger charge is -2.27. The van der Waals surface area contributed by atoms with Gasteiger partial charge in [0.25, 0.3) is 0 Å². The molecule has 1 aliphatic carbocycles. The molecular weight excluding hydrogens is 322 g/mol. The van der Waals surface area contributed by atoms with Gasteiger partial charge in [0.2, 0.25) is 0 Å². The van der Waals surface area contributed by atoms with E-state index >= 15 is 0 Å². The molecule has 0 bridgehead atoms. The SMILES string of the molecule is CC(=O)c1cnc2n1C(C1CC1)CNC2.CCc1ccccc1Cl. The summed E-state index contributed by atoms with van der Waals surface area (Å²) in [6.07, 6.45) is 5.32. The molecule has 0 spiro atoms. The molecule has 1 aromatic heterocycles. The summed E-state index contributed by atoms with van der Waals surface area (Å²) in [7, 11) is 0. The lowest BCUT2D eigenvalue weighted by atomic mass is 10.1. The van der Waals surface area contributed by atoms with Crippen molar-refractivity contribution in [2.75, 3.05) is 6.54 Å². The average Bonchev–Trinajstić information content (AvgIpc) is 3.33. The number of hydrogen-bond acceptors (Lipinski definition) is 3. The number of benzene rings is 1. The summed E-state index contributed by atoms with van der Waals surface area (Å²) in [5.74, 6) is 1.90. The van der Waals surface area contributed by atoms with Crippen molar-refractivity contribution < 1.29 is 4.79 Å². The molecule has 0 amide bonds. The van der Waals surface area contributed by atoms with Gasteiger partial charge in [0.1, 0.15) is 11.5 Å². The van der Waals surface area contributed by atoms with Crippen LogP contribution in [-0.4, -0.2) is 21.9 Å². The van der Waals surface area contributed by atoms with Gasteiger partial charge in [-0.2, -0.15) is 0 Å². The van der Waals surface area contributed by atoms with Gasteiger partial charge in [-0.05, 0) is 36.8 Å². The molecule has 4 nitrogen and oxygen atoms in total. The van der Waals surface area contributed by atoms with Crippen molar-refractivity contribution in [3.63, 3.8) is 0 Å². The topological polar surface area (TPSA) is 46.9 Å². The first-order chi connectivity index (χ1) is 11.6. The van der Waals surface area contributed by atoms with E-state index in [1.807, 2.05) is 24.3 Å². The number of carbonyl (C=O) groups excluding carboxylic acids is 1. The highest BCUT2D eigenvalue weighted by molar-refractivity contribution is 6.31. The van der Waals surface area contributed by atoms with Gasteiger partial charge in [-0.1, -0.05) is 36.7 Å². The van der Waals surface area contributed by atoms with Gasteiger partial charge in [0.05, 0.1) is 18.8 Å². The number of halogens is 1. The van der Waals surface area contributed by atoms with Crippen LogP contribution in [0.4, 0.5) is 0 Å². The first kappa shape index (κ1) is 17.2. The van der Waals surface area contributed by atoms with Gasteiger partial charge in [0.15, 0.2) is 5.78 Å². The summed E-state index contributed by atoms with van der Waals surface area (Å²) in [5, 5.41) is 4.24. The molecular formula is C19H24ClN3O. The Hall–Kier alpha value is -1.65. The van der Waals surface area contributed by atoms with Gasteiger partial charge in [-0.3, -0.25) is 4.79 Å². The van der Waals surface area contributed by atoms with Crippen LogP contribution in [0.15, 0.2) is 30.5 Å². The minimum atomic E-state index is 0.126. The third-order valence-electron chi connectivity index (χ3n) is 4.71. The van der Waals surface area contributed by atoms with Crippen LogP contribution in [0.3, 0.4) is 0 Å². The number of aryl methyl sites for hydroxylation is 1. The first-order valence-corrected chi connectivity index (χ1v) is 9.00. The van der Waals surface area contributed by atoms with E-state index in [0.717, 1.165) is 42.0 Å². The van der Waals surface area contributed by atoms with E-state index in [1.54, 1.807) is 13.1 Å². The Morgan fingerprint density at radius 3 is 2.71 bits per heavy atom. The zero-order chi connectivity index (χ0) is 17.1. The molecule has 1 aliphatic heterocycles. The predicted molar refractivity (Wildman–Crippen MR) is 96.5 cm³/mol. The van der Waals surface area contributed by atoms with Crippen molar-refractivity contribution in [2.45, 2.75) is 45.7 Å². The highest BCUT2D eigenvalue weighted by Gasteiger charge is 2.36. The molecule has 1 atom stereocenters. The Kier molecular flexibility index (Phi) is 5.36. The molecule has 0 radical (unpaired) electrons. The fraction of sp³-hybridized carbons (Fsp3) is 0.474. The Labute approximate surface area is 148 Å². The van der Waals surface area contributed by atoms with Crippen molar-refractivity contribution in [1.82, 2.24) is 14.9 Å². The van der Waals surface area contributed by atoms with E-state index in [4.69, 9.17) is 11.6 Å². The molecule has 1 aromatic carbocycles. The second kappa shape index (κ2) is 7.49. The largest absolute Gasteiger partial charge is 0.320 e. The van der Waals surface area contributed by atoms with Crippen LogP contribution in [0, 0.1) is 5.92 Å². The van der Waals surface area contributed by atoms with Crippen LogP contribution >= 0.6 is 11.6 Å². The highest BCUT2D eigenvalue weighted by Crippen LogP contribution is 2.41. The Morgan fingerprint density at radius 1 is 1.38 bits per heavy atom. The number of Topliss-reactive ketones (excluding diaryl/α,β-unsaturated/α-hetero) is 1. The first-order valence-electron chi connectivity index (χ1n) is 8.63. The number of hydrogen-bond donors (Lipinski definition) is 1. The van der Waals surface area contributed by atoms with Gasteiger partial charge < -0.3 is 9.88 Å². The van der Waals surface area contributed by atoms with Gasteiger partial charge >= 0.3 is 0 Å². The summed E-state index contributed by atoms with van der Waals surface area (Å²) in [6.45, 7) is 5.49. The Morgan fingerprint density at radius 2 is 2.12 bits per heavy atom. The molecule has 4 rings (SSSR count). The third-order valence-corrected chi connectivity index (χ3v) is 5.08. The quantitative estimate of drug-likeness (QED) is 0.854. The average molecular weight is 346 g/mol. The number of imidazole rings is 1. The zero-order valence-electron chi connectivity index (χ0n) is 14.3. The van der Waals surface area contributed by atoms with Crippen LogP contribution in [0.5, 0.6) is 0 Å². The smallest absolute Gasteiger partial charge is 0.177 e. The predicted octanol–water partition coefficient (Wildman–Crippen LogP) is 4.04. The minimum absolute atomic E-state index is 0.126. The zero-order valence-corrected chi connectivity index (χ0v) is 15.0. The molecule has 128 valence electrons. The number of carbonyl (C=O) groups is 1. The maximum Gasteiger partial charge on any atom is 0.177 e. The molecule has 0 saturated heterocycles. The van der Waals surface area contributed by atoms with E-state index in [-0.39, 0.29) is 5.78 Å². The summed E-state index contributed by atoms with van der Waals surface area (Å²) < 4.78 is 2.16. The number of aromatic nitrogens is 2. The highest BCUT2D eigenvalue weighted by atomic mass is 35.5. The molecule has 5 heteroatoms. The Bertz CT molecular complexity index is 721. The van der Waals surface area contributed by atoms with Crippen LogP contribution in [-0.2, 0) is 13.0 Å². The molecule has 24 heavy (non-hydrogen) atoms. The van der Waals surface area contributed by atoms with Crippen LogP contribution in [0.25, 0.3) is 0 Å². The second-order valence-electron chi connectivity index (χ2n) is 6.47. The Balaban J connectivity index is 0.000000162. The van der Waals surface area contributed by atoms with Crippen molar-refractivity contribution in [2.24, 2.45) is 5.92 Å². The molecule has 1 unspecified atom stereocenters. The molecule has 1 N–H and O–H groups in total. The molecule has 2 aliphatic rings. The van der Waals surface area contributed by atoms with Crippen molar-refractivity contribution >= 4 is 17.4 Å². The van der Waals surface area contributed by atoms with E-state index in [2.05, 4.69) is 21.8 Å². The summed E-state index contributed by atoms with van der Waals surface area (Å²) in [6, 6.07) is 8.37. The van der Waals surface area contributed by atoms with Gasteiger partial charge in [-0.15, -0.1) is 0 Å². The lowest BCUT2D eigenvalue weighted by Crippen LogP contribution is -2.35. The fourth-order valence-electron chi connectivity index (χ4n) is 3.23. The lowest BCUT2D eigenvalue weighted by molar-refractivity contribution is 0.1000. The summed E-state index contributed by atoms with van der Waals surface area (Å²) in [4.78, 5) is 15.8. The second-order valence-corrected chi connectivity index (χ2v) is 6.87. The maximum absolute atomic E-state index is 11.5. The number of nitrogens with zero attached hydrogens (tertiary/aromatic N) is 2. The summed E-state index contributed by atoms with van der Waals surface area (Å²) >= 11 is 5.82. The van der Waals surface area contributed by atoms with E-state index in [9.17, 15) is 4.79 Å². The molecule has 2 aromatic rings. The number of fused-ring (bicyclic) bond motifs is 1. The number of rotatable bonds is 3. The van der Waals surface area contributed by atoms with Crippen molar-refractivity contribution in [3.05, 3.63) is 52.6 Å².